The van der Waals surface area contributed by atoms with E-state index in [1.165, 1.54) is 0 Å². The zero-order chi connectivity index (χ0) is 13.2. The second-order valence-corrected chi connectivity index (χ2v) is 4.38. The number of phenolic OH excluding ortho intramolecular Hbond substituents is 1. The van der Waals surface area contributed by atoms with E-state index in [-0.39, 0.29) is 11.6 Å². The molecule has 1 aromatic heterocycles. The van der Waals surface area contributed by atoms with Crippen molar-refractivity contribution < 1.29 is 9.52 Å². The molecule has 0 aliphatic heterocycles. The largest absolute Gasteiger partial charge is 0.507 e. The van der Waals surface area contributed by atoms with Crippen LogP contribution in [-0.2, 0) is 0 Å². The molecule has 0 aliphatic carbocycles. The van der Waals surface area contributed by atoms with Crippen LogP contribution >= 0.6 is 11.6 Å². The Morgan fingerprint density at radius 3 is 2.53 bits per heavy atom. The van der Waals surface area contributed by atoms with E-state index in [2.05, 4.69) is 10.2 Å². The highest BCUT2D eigenvalue weighted by atomic mass is 35.5. The number of hydrogen-bond acceptors (Lipinski definition) is 4. The summed E-state index contributed by atoms with van der Waals surface area (Å²) in [5, 5.41) is 18.2. The molecule has 3 aromatic rings. The van der Waals surface area contributed by atoms with Crippen LogP contribution in [0.15, 0.2) is 52.9 Å². The van der Waals surface area contributed by atoms with Gasteiger partial charge in [-0.3, -0.25) is 0 Å². The van der Waals surface area contributed by atoms with E-state index >= 15 is 0 Å². The molecule has 0 aliphatic rings. The molecule has 0 unspecified atom stereocenters. The summed E-state index contributed by atoms with van der Waals surface area (Å²) in [5.41, 5.74) is 1.24. The van der Waals surface area contributed by atoms with Crippen LogP contribution in [0.25, 0.3) is 22.9 Å². The van der Waals surface area contributed by atoms with E-state index in [9.17, 15) is 5.11 Å². The molecule has 0 fully saturated rings. The molecule has 0 amide bonds. The molecule has 2 aromatic carbocycles. The van der Waals surface area contributed by atoms with Crippen molar-refractivity contribution in [1.82, 2.24) is 10.2 Å². The van der Waals surface area contributed by atoms with Crippen molar-refractivity contribution in [2.24, 2.45) is 0 Å². The van der Waals surface area contributed by atoms with E-state index in [1.54, 1.807) is 36.4 Å². The first kappa shape index (κ1) is 11.7. The smallest absolute Gasteiger partial charge is 0.251 e. The lowest BCUT2D eigenvalue weighted by molar-refractivity contribution is 0.473. The molecular weight excluding hydrogens is 264 g/mol. The molecule has 0 spiro atoms. The van der Waals surface area contributed by atoms with Crippen LogP contribution in [0.1, 0.15) is 0 Å². The van der Waals surface area contributed by atoms with Gasteiger partial charge in [0.15, 0.2) is 0 Å². The molecule has 0 atom stereocenters. The first-order valence-electron chi connectivity index (χ1n) is 5.62. The Labute approximate surface area is 114 Å². The van der Waals surface area contributed by atoms with Crippen LogP contribution in [0.3, 0.4) is 0 Å². The molecule has 94 valence electrons. The number of rotatable bonds is 2. The average molecular weight is 273 g/mol. The molecule has 5 heteroatoms. The third-order valence-electron chi connectivity index (χ3n) is 2.63. The fourth-order valence-corrected chi connectivity index (χ4v) is 1.92. The van der Waals surface area contributed by atoms with Gasteiger partial charge in [-0.25, -0.2) is 0 Å². The van der Waals surface area contributed by atoms with Gasteiger partial charge in [0.2, 0.25) is 5.89 Å². The molecule has 0 saturated carbocycles. The number of aromatic nitrogens is 2. The highest BCUT2D eigenvalue weighted by Gasteiger charge is 2.13. The molecule has 4 nitrogen and oxygen atoms in total. The molecule has 19 heavy (non-hydrogen) atoms. The predicted molar refractivity (Wildman–Crippen MR) is 71.8 cm³/mol. The highest BCUT2D eigenvalue weighted by Crippen LogP contribution is 2.30. The third kappa shape index (κ3) is 2.30. The number of nitrogens with zero attached hydrogens (tertiary/aromatic N) is 2. The SMILES string of the molecule is Oc1ccccc1-c1nnc(-c2cccc(Cl)c2)o1. The molecule has 0 saturated heterocycles. The van der Waals surface area contributed by atoms with Gasteiger partial charge in [-0.05, 0) is 30.3 Å². The van der Waals surface area contributed by atoms with Crippen LogP contribution in [0.5, 0.6) is 5.75 Å². The van der Waals surface area contributed by atoms with Crippen LogP contribution in [0.2, 0.25) is 5.02 Å². The van der Waals surface area contributed by atoms with Gasteiger partial charge >= 0.3 is 0 Å². The van der Waals surface area contributed by atoms with Crippen molar-refractivity contribution in [1.29, 1.82) is 0 Å². The predicted octanol–water partition coefficient (Wildman–Crippen LogP) is 3.76. The van der Waals surface area contributed by atoms with E-state index in [0.29, 0.717) is 16.5 Å². The molecular formula is C14H9ClN2O2. The summed E-state index contributed by atoms with van der Waals surface area (Å²) in [4.78, 5) is 0. The van der Waals surface area contributed by atoms with Gasteiger partial charge in [-0.1, -0.05) is 29.8 Å². The Hall–Kier alpha value is -2.33. The minimum atomic E-state index is 0.101. The fraction of sp³-hybridized carbons (Fsp3) is 0. The topological polar surface area (TPSA) is 59.2 Å². The maximum absolute atomic E-state index is 9.74. The summed E-state index contributed by atoms with van der Waals surface area (Å²) < 4.78 is 5.55. The van der Waals surface area contributed by atoms with Gasteiger partial charge in [0.1, 0.15) is 5.75 Å². The Balaban J connectivity index is 2.03. The second kappa shape index (κ2) is 4.74. The second-order valence-electron chi connectivity index (χ2n) is 3.94. The monoisotopic (exact) mass is 272 g/mol. The lowest BCUT2D eigenvalue weighted by Crippen LogP contribution is -1.78. The Morgan fingerprint density at radius 2 is 1.74 bits per heavy atom. The van der Waals surface area contributed by atoms with Gasteiger partial charge < -0.3 is 9.52 Å². The van der Waals surface area contributed by atoms with E-state index in [1.807, 2.05) is 12.1 Å². The summed E-state index contributed by atoms with van der Waals surface area (Å²) >= 11 is 5.91. The standard InChI is InChI=1S/C14H9ClN2O2/c15-10-5-3-4-9(8-10)13-16-17-14(19-13)11-6-1-2-7-12(11)18/h1-8,18H. The molecule has 3 rings (SSSR count). The lowest BCUT2D eigenvalue weighted by Gasteiger charge is -1.98. The van der Waals surface area contributed by atoms with Gasteiger partial charge in [0.05, 0.1) is 5.56 Å². The maximum atomic E-state index is 9.74. The van der Waals surface area contributed by atoms with Gasteiger partial charge in [-0.2, -0.15) is 0 Å². The summed E-state index contributed by atoms with van der Waals surface area (Å²) in [6.07, 6.45) is 0. The normalized spacial score (nSPS) is 10.6. The van der Waals surface area contributed by atoms with E-state index in [4.69, 9.17) is 16.0 Å². The number of aromatic hydroxyl groups is 1. The highest BCUT2D eigenvalue weighted by molar-refractivity contribution is 6.30. The minimum Gasteiger partial charge on any atom is -0.507 e. The Bertz CT molecular complexity index is 725. The first-order valence-corrected chi connectivity index (χ1v) is 5.99. The Kier molecular flexibility index (Phi) is 2.93. The van der Waals surface area contributed by atoms with Gasteiger partial charge in [-0.15, -0.1) is 10.2 Å². The summed E-state index contributed by atoms with van der Waals surface area (Å²) in [7, 11) is 0. The summed E-state index contributed by atoms with van der Waals surface area (Å²) in [6, 6.07) is 13.9. The maximum Gasteiger partial charge on any atom is 0.251 e. The minimum absolute atomic E-state index is 0.101. The molecule has 1 N–H and O–H groups in total. The summed E-state index contributed by atoms with van der Waals surface area (Å²) in [5.74, 6) is 0.734. The van der Waals surface area contributed by atoms with Crippen molar-refractivity contribution in [2.45, 2.75) is 0 Å². The Morgan fingerprint density at radius 1 is 0.947 bits per heavy atom. The van der Waals surface area contributed by atoms with Crippen LogP contribution < -0.4 is 0 Å². The number of benzene rings is 2. The zero-order valence-corrected chi connectivity index (χ0v) is 10.5. The first-order chi connectivity index (χ1) is 9.24. The van der Waals surface area contributed by atoms with Crippen molar-refractivity contribution in [2.75, 3.05) is 0 Å². The van der Waals surface area contributed by atoms with Gasteiger partial charge in [0, 0.05) is 10.6 Å². The van der Waals surface area contributed by atoms with Crippen molar-refractivity contribution in [3.8, 4) is 28.7 Å². The van der Waals surface area contributed by atoms with E-state index in [0.717, 1.165) is 5.56 Å². The number of hydrogen-bond donors (Lipinski definition) is 1. The van der Waals surface area contributed by atoms with Crippen LogP contribution in [0, 0.1) is 0 Å². The van der Waals surface area contributed by atoms with Crippen molar-refractivity contribution in [3.63, 3.8) is 0 Å². The van der Waals surface area contributed by atoms with Crippen molar-refractivity contribution >= 4 is 11.6 Å². The average Bonchev–Trinajstić information content (AvgIpc) is 2.89. The zero-order valence-electron chi connectivity index (χ0n) is 9.75. The summed E-state index contributed by atoms with van der Waals surface area (Å²) in [6.45, 7) is 0. The van der Waals surface area contributed by atoms with E-state index < -0.39 is 0 Å². The molecule has 0 bridgehead atoms. The molecule has 0 radical (unpaired) electrons. The molecule has 1 heterocycles. The number of phenols is 1. The van der Waals surface area contributed by atoms with Crippen LogP contribution in [-0.4, -0.2) is 15.3 Å². The van der Waals surface area contributed by atoms with Crippen LogP contribution in [0.4, 0.5) is 0 Å². The fourth-order valence-electron chi connectivity index (χ4n) is 1.72. The number of halogens is 1. The van der Waals surface area contributed by atoms with Gasteiger partial charge in [0.25, 0.3) is 5.89 Å². The number of para-hydroxylation sites is 1. The third-order valence-corrected chi connectivity index (χ3v) is 2.87. The lowest BCUT2D eigenvalue weighted by atomic mass is 10.2. The quantitative estimate of drug-likeness (QED) is 0.771. The van der Waals surface area contributed by atoms with Crippen molar-refractivity contribution in [3.05, 3.63) is 53.6 Å².